The number of ether oxygens (including phenoxy) is 2. The molecule has 0 bridgehead atoms. The van der Waals surface area contributed by atoms with E-state index in [0.29, 0.717) is 19.3 Å². The van der Waals surface area contributed by atoms with E-state index in [1.165, 1.54) is 0 Å². The highest BCUT2D eigenvalue weighted by Gasteiger charge is 2.69. The van der Waals surface area contributed by atoms with Crippen molar-refractivity contribution < 1.29 is 54.5 Å². The monoisotopic (exact) mass is 540 g/mol. The number of aliphatic hydroxyl groups excluding tert-OH is 4. The summed E-state index contributed by atoms with van der Waals surface area (Å²) >= 11 is 0. The first kappa shape index (κ1) is 28.1. The van der Waals surface area contributed by atoms with Crippen LogP contribution in [0.5, 0.6) is 0 Å². The first-order valence-corrected chi connectivity index (χ1v) is 13.7. The van der Waals surface area contributed by atoms with Gasteiger partial charge in [-0.15, -0.1) is 0 Å². The predicted octanol–water partition coefficient (Wildman–Crippen LogP) is -0.222. The molecule has 0 aromatic carbocycles. The first-order valence-electron chi connectivity index (χ1n) is 13.7. The SMILES string of the molecule is C[C@]12CC[C@@H](O)C[C@@H]1CC[C@@H]1[C@@H]2C(=O)C[C@@]2(C)[C@H]1CC[C@]2(O)C(=O)CO[C@@H]1O[C@H](C(=O)O)[C@@H](O)[C@H](O)[C@H]1O. The summed E-state index contributed by atoms with van der Waals surface area (Å²) in [5, 5.41) is 61.3. The van der Waals surface area contributed by atoms with Crippen LogP contribution in [0.25, 0.3) is 0 Å². The Bertz CT molecular complexity index is 986. The molecule has 38 heavy (non-hydrogen) atoms. The van der Waals surface area contributed by atoms with Gasteiger partial charge in [-0.2, -0.15) is 0 Å². The number of hydrogen-bond acceptors (Lipinski definition) is 10. The van der Waals surface area contributed by atoms with Gasteiger partial charge in [-0.25, -0.2) is 4.79 Å². The minimum absolute atomic E-state index is 0.0388. The fourth-order valence-electron chi connectivity index (χ4n) is 8.98. The Balaban J connectivity index is 1.32. The number of rotatable bonds is 5. The first-order chi connectivity index (χ1) is 17.7. The van der Waals surface area contributed by atoms with Crippen LogP contribution < -0.4 is 0 Å². The van der Waals surface area contributed by atoms with E-state index in [1.807, 2.05) is 0 Å². The third kappa shape index (κ3) is 4.00. The molecule has 0 aromatic rings. The third-order valence-electron chi connectivity index (χ3n) is 11.1. The molecule has 0 unspecified atom stereocenters. The highest BCUT2D eigenvalue weighted by atomic mass is 16.7. The van der Waals surface area contributed by atoms with Crippen LogP contribution in [0.2, 0.25) is 0 Å². The number of aliphatic hydroxyl groups is 5. The average molecular weight is 541 g/mol. The van der Waals surface area contributed by atoms with Gasteiger partial charge in [0.2, 0.25) is 0 Å². The summed E-state index contributed by atoms with van der Waals surface area (Å²) in [6.07, 6.45) is -4.80. The van der Waals surface area contributed by atoms with Gasteiger partial charge < -0.3 is 40.1 Å². The summed E-state index contributed by atoms with van der Waals surface area (Å²) in [5.74, 6) is -2.10. The third-order valence-corrected chi connectivity index (χ3v) is 11.1. The van der Waals surface area contributed by atoms with Gasteiger partial charge in [0.25, 0.3) is 0 Å². The lowest BCUT2D eigenvalue weighted by molar-refractivity contribution is -0.293. The molecule has 13 atom stereocenters. The van der Waals surface area contributed by atoms with E-state index in [2.05, 4.69) is 6.92 Å². The Morgan fingerprint density at radius 1 is 1.00 bits per heavy atom. The molecular formula is C27H40O11. The highest BCUT2D eigenvalue weighted by Crippen LogP contribution is 2.67. The van der Waals surface area contributed by atoms with Crippen molar-refractivity contribution in [2.24, 2.45) is 34.5 Å². The smallest absolute Gasteiger partial charge is 0.335 e. The molecule has 5 aliphatic rings. The molecule has 1 aliphatic heterocycles. The van der Waals surface area contributed by atoms with Gasteiger partial charge in [-0.05, 0) is 68.1 Å². The van der Waals surface area contributed by atoms with Crippen LogP contribution in [-0.4, -0.2) is 97.2 Å². The maximum Gasteiger partial charge on any atom is 0.335 e. The molecule has 11 heteroatoms. The van der Waals surface area contributed by atoms with Gasteiger partial charge >= 0.3 is 5.97 Å². The number of carbonyl (C=O) groups excluding carboxylic acids is 2. The molecule has 6 N–H and O–H groups in total. The number of hydrogen-bond donors (Lipinski definition) is 6. The van der Waals surface area contributed by atoms with E-state index >= 15 is 0 Å². The van der Waals surface area contributed by atoms with Gasteiger partial charge in [0, 0.05) is 17.8 Å². The molecule has 0 spiro atoms. The molecule has 4 aliphatic carbocycles. The average Bonchev–Trinajstić information content (AvgIpc) is 3.13. The second-order valence-electron chi connectivity index (χ2n) is 12.9. The molecule has 0 aromatic heterocycles. The van der Waals surface area contributed by atoms with Crippen molar-refractivity contribution in [1.29, 1.82) is 0 Å². The van der Waals surface area contributed by atoms with Crippen molar-refractivity contribution in [3.8, 4) is 0 Å². The minimum Gasteiger partial charge on any atom is -0.479 e. The van der Waals surface area contributed by atoms with Crippen LogP contribution in [0.4, 0.5) is 0 Å². The summed E-state index contributed by atoms with van der Waals surface area (Å²) in [6.45, 7) is 3.24. The lowest BCUT2D eigenvalue weighted by atomic mass is 9.44. The second-order valence-corrected chi connectivity index (χ2v) is 12.9. The summed E-state index contributed by atoms with van der Waals surface area (Å²) in [5.41, 5.74) is -3.06. The van der Waals surface area contributed by atoms with Crippen molar-refractivity contribution in [3.05, 3.63) is 0 Å². The van der Waals surface area contributed by atoms with Crippen LogP contribution in [0, 0.1) is 34.5 Å². The van der Waals surface area contributed by atoms with E-state index in [-0.39, 0.29) is 53.8 Å². The van der Waals surface area contributed by atoms with Crippen LogP contribution in [0.15, 0.2) is 0 Å². The van der Waals surface area contributed by atoms with Gasteiger partial charge in [-0.3, -0.25) is 9.59 Å². The summed E-state index contributed by atoms with van der Waals surface area (Å²) in [6, 6.07) is 0. The van der Waals surface area contributed by atoms with Gasteiger partial charge in [0.05, 0.1) is 6.10 Å². The van der Waals surface area contributed by atoms with E-state index in [9.17, 15) is 45.0 Å². The Morgan fingerprint density at radius 2 is 1.71 bits per heavy atom. The molecule has 1 heterocycles. The highest BCUT2D eigenvalue weighted by molar-refractivity contribution is 5.92. The Kier molecular flexibility index (Phi) is 7.07. The summed E-state index contributed by atoms with van der Waals surface area (Å²) in [7, 11) is 0. The Morgan fingerprint density at radius 3 is 2.39 bits per heavy atom. The van der Waals surface area contributed by atoms with Gasteiger partial charge in [0.15, 0.2) is 18.2 Å². The summed E-state index contributed by atoms with van der Waals surface area (Å²) in [4.78, 5) is 38.6. The maximum absolute atomic E-state index is 13.8. The van der Waals surface area contributed by atoms with Gasteiger partial charge in [-0.1, -0.05) is 13.8 Å². The van der Waals surface area contributed by atoms with Crippen LogP contribution in [0.3, 0.4) is 0 Å². The molecule has 0 amide bonds. The molecule has 5 rings (SSSR count). The number of carbonyl (C=O) groups is 3. The standard InChI is InChI=1S/C27H40O11/c1-25-7-5-13(28)9-12(25)3-4-14-15-6-8-27(36,26(15,2)10-16(29)18(14)25)17(30)11-37-24-21(33)19(31)20(32)22(38-24)23(34)35/h12-15,18-22,24,28,31-33,36H,3-11H2,1-2H3,(H,34,35)/t12-,13+,14-,15-,18+,19-,20-,21+,22-,24+,25-,26-,27-/m0/s1. The normalized spacial score (nSPS) is 52.6. The predicted molar refractivity (Wildman–Crippen MR) is 128 cm³/mol. The van der Waals surface area contributed by atoms with Crippen LogP contribution >= 0.6 is 0 Å². The number of Topliss-reactive ketones (excluding diaryl/α,β-unsaturated/α-hetero) is 2. The van der Waals surface area contributed by atoms with Crippen LogP contribution in [0.1, 0.15) is 65.2 Å². The number of carboxylic acids is 1. The minimum atomic E-state index is -1.89. The largest absolute Gasteiger partial charge is 0.479 e. The van der Waals surface area contributed by atoms with Crippen LogP contribution in [-0.2, 0) is 23.9 Å². The van der Waals surface area contributed by atoms with E-state index in [0.717, 1.165) is 19.3 Å². The zero-order valence-corrected chi connectivity index (χ0v) is 21.9. The van der Waals surface area contributed by atoms with E-state index < -0.39 is 60.1 Å². The molecule has 0 radical (unpaired) electrons. The molecule has 1 saturated heterocycles. The maximum atomic E-state index is 13.8. The summed E-state index contributed by atoms with van der Waals surface area (Å²) < 4.78 is 10.5. The number of fused-ring (bicyclic) bond motifs is 5. The fraction of sp³-hybridized carbons (Fsp3) is 0.889. The van der Waals surface area contributed by atoms with Gasteiger partial charge in [0.1, 0.15) is 36.3 Å². The zero-order chi connectivity index (χ0) is 27.8. The quantitative estimate of drug-likeness (QED) is 0.270. The van der Waals surface area contributed by atoms with Crippen molar-refractivity contribution in [2.45, 2.75) is 108 Å². The van der Waals surface area contributed by atoms with Crippen molar-refractivity contribution >= 4 is 17.5 Å². The second kappa shape index (κ2) is 9.57. The lowest BCUT2D eigenvalue weighted by Gasteiger charge is -2.60. The number of aliphatic carboxylic acids is 1. The van der Waals surface area contributed by atoms with E-state index in [4.69, 9.17) is 9.47 Å². The number of carboxylic acid groups (broad SMARTS) is 1. The Labute approximate surface area is 221 Å². The fourth-order valence-corrected chi connectivity index (χ4v) is 8.98. The molecule has 11 nitrogen and oxygen atoms in total. The molecular weight excluding hydrogens is 500 g/mol. The molecule has 5 fully saturated rings. The lowest BCUT2D eigenvalue weighted by Crippen LogP contribution is -2.63. The van der Waals surface area contributed by atoms with Crippen molar-refractivity contribution in [2.75, 3.05) is 6.61 Å². The van der Waals surface area contributed by atoms with Crippen molar-refractivity contribution in [1.82, 2.24) is 0 Å². The zero-order valence-electron chi connectivity index (χ0n) is 21.9. The van der Waals surface area contributed by atoms with Crippen molar-refractivity contribution in [3.63, 3.8) is 0 Å². The molecule has 4 saturated carbocycles. The topological polar surface area (TPSA) is 191 Å². The van der Waals surface area contributed by atoms with E-state index in [1.54, 1.807) is 6.92 Å². The molecule has 214 valence electrons. The Hall–Kier alpha value is -1.47. The number of ketones is 2.